The zero-order chi connectivity index (χ0) is 32.1. The highest BCUT2D eigenvalue weighted by molar-refractivity contribution is 5.97. The number of anilines is 1. The van der Waals surface area contributed by atoms with Crippen LogP contribution in [0.3, 0.4) is 0 Å². The molecule has 5 heteroatoms. The van der Waals surface area contributed by atoms with E-state index in [0.717, 1.165) is 69.0 Å². The van der Waals surface area contributed by atoms with E-state index in [9.17, 15) is 14.4 Å². The third-order valence-electron chi connectivity index (χ3n) is 14.8. The largest absolute Gasteiger partial charge is 0.462 e. The fraction of sp³-hybridized carbons (Fsp3) is 0.718. The Morgan fingerprint density at radius 3 is 2.25 bits per heavy atom. The second kappa shape index (κ2) is 10.0. The fourth-order valence-corrected chi connectivity index (χ4v) is 11.8. The van der Waals surface area contributed by atoms with E-state index in [-0.39, 0.29) is 56.9 Å². The molecule has 0 heterocycles. The molecule has 0 radical (unpaired) electrons. The van der Waals surface area contributed by atoms with Gasteiger partial charge in [-0.15, -0.1) is 0 Å². The molecule has 4 saturated carbocycles. The summed E-state index contributed by atoms with van der Waals surface area (Å²) in [6, 6.07) is 8.01. The van der Waals surface area contributed by atoms with E-state index in [1.54, 1.807) is 0 Å². The summed E-state index contributed by atoms with van der Waals surface area (Å²) in [7, 11) is 0. The molecule has 1 amide bonds. The quantitative estimate of drug-likeness (QED) is 0.351. The molecule has 1 aromatic rings. The lowest BCUT2D eigenvalue weighted by molar-refractivity contribution is -0.210. The second-order valence-corrected chi connectivity index (χ2v) is 17.5. The summed E-state index contributed by atoms with van der Waals surface area (Å²) in [5.41, 5.74) is 2.32. The Hall–Kier alpha value is -2.43. The third-order valence-corrected chi connectivity index (χ3v) is 14.8. The van der Waals surface area contributed by atoms with Crippen molar-refractivity contribution in [2.45, 2.75) is 126 Å². The summed E-state index contributed by atoms with van der Waals surface area (Å²) in [5.74, 6) is 0.668. The number of ether oxygens (including phenoxy) is 1. The van der Waals surface area contributed by atoms with Crippen LogP contribution in [0.5, 0.6) is 0 Å². The third kappa shape index (κ3) is 4.33. The van der Waals surface area contributed by atoms with Crippen molar-refractivity contribution in [3.05, 3.63) is 41.5 Å². The van der Waals surface area contributed by atoms with Gasteiger partial charge >= 0.3 is 5.97 Å². The number of amides is 1. The highest BCUT2D eigenvalue weighted by atomic mass is 16.5. The Kier molecular flexibility index (Phi) is 7.19. The minimum absolute atomic E-state index is 0.0521. The summed E-state index contributed by atoms with van der Waals surface area (Å²) in [4.78, 5) is 40.6. The molecule has 0 spiro atoms. The number of para-hydroxylation sites is 1. The van der Waals surface area contributed by atoms with Crippen LogP contribution in [0, 0.1) is 57.2 Å². The number of esters is 1. The molecule has 0 bridgehead atoms. The van der Waals surface area contributed by atoms with Gasteiger partial charge in [0.1, 0.15) is 6.10 Å². The van der Waals surface area contributed by atoms with E-state index >= 15 is 0 Å². The summed E-state index contributed by atoms with van der Waals surface area (Å²) in [5, 5.41) is 3.27. The van der Waals surface area contributed by atoms with E-state index in [4.69, 9.17) is 4.74 Å². The standard InChI is InChI=1S/C39H55NO4/c1-24-12-10-11-13-28(24)40-33(43)36(6)19-18-35(5)20-21-38(8)26(27(35)23-36)22-29(42)32-37(7)16-15-31(44-25(2)41)34(3,4)30(37)14-17-39(32,38)9/h10-13,22,27,30-32H,14-21,23H2,1-9H3,(H,40,43)/t27-,30+,31+,32+,35-,36+,37+,38+,39+/m0/s1. The lowest BCUT2D eigenvalue weighted by Crippen LogP contribution is -2.66. The molecule has 4 fully saturated rings. The van der Waals surface area contributed by atoms with Gasteiger partial charge in [0.25, 0.3) is 0 Å². The number of hydrogen-bond donors (Lipinski definition) is 1. The topological polar surface area (TPSA) is 72.5 Å². The average Bonchev–Trinajstić information content (AvgIpc) is 2.93. The van der Waals surface area contributed by atoms with Crippen molar-refractivity contribution in [3.8, 4) is 0 Å². The molecule has 5 aliphatic rings. The number of allylic oxidation sites excluding steroid dienone is 2. The monoisotopic (exact) mass is 601 g/mol. The van der Waals surface area contributed by atoms with Crippen molar-refractivity contribution >= 4 is 23.3 Å². The first-order valence-electron chi connectivity index (χ1n) is 17.2. The number of aryl methyl sites for hydroxylation is 1. The van der Waals surface area contributed by atoms with Crippen LogP contribution in [0.1, 0.15) is 119 Å². The van der Waals surface area contributed by atoms with Gasteiger partial charge in [-0.05, 0) is 116 Å². The maximum absolute atomic E-state index is 14.7. The Labute approximate surface area is 265 Å². The summed E-state index contributed by atoms with van der Waals surface area (Å²) >= 11 is 0. The lowest BCUT2D eigenvalue weighted by Gasteiger charge is -2.70. The molecule has 0 aromatic heterocycles. The molecule has 5 aliphatic carbocycles. The minimum Gasteiger partial charge on any atom is -0.462 e. The van der Waals surface area contributed by atoms with Gasteiger partial charge in [0, 0.05) is 29.4 Å². The minimum atomic E-state index is -0.491. The van der Waals surface area contributed by atoms with Crippen LogP contribution in [0.4, 0.5) is 5.69 Å². The summed E-state index contributed by atoms with van der Waals surface area (Å²) < 4.78 is 5.88. The SMILES string of the molecule is CC(=O)O[C@@H]1CC[C@]2(C)[C@H](CC[C@]3(C)[C@@H]2C(=O)C=C2[C@@H]4C[C@](C)(C(=O)Nc5ccccc5C)CC[C@@]4(C)CC[C@]23C)C1(C)C. The number of fused-ring (bicyclic) bond motifs is 7. The predicted octanol–water partition coefficient (Wildman–Crippen LogP) is 8.85. The molecule has 0 saturated heterocycles. The van der Waals surface area contributed by atoms with E-state index in [2.05, 4.69) is 59.9 Å². The zero-order valence-electron chi connectivity index (χ0n) is 28.7. The van der Waals surface area contributed by atoms with Crippen LogP contribution in [-0.2, 0) is 19.1 Å². The van der Waals surface area contributed by atoms with E-state index in [0.29, 0.717) is 11.7 Å². The summed E-state index contributed by atoms with van der Waals surface area (Å²) in [6.07, 6.45) is 10.6. The van der Waals surface area contributed by atoms with Crippen LogP contribution in [-0.4, -0.2) is 23.8 Å². The number of carbonyl (C=O) groups excluding carboxylic acids is 3. The van der Waals surface area contributed by atoms with Gasteiger partial charge in [0.15, 0.2) is 5.78 Å². The van der Waals surface area contributed by atoms with Gasteiger partial charge in [-0.2, -0.15) is 0 Å². The van der Waals surface area contributed by atoms with Gasteiger partial charge in [-0.1, -0.05) is 72.2 Å². The van der Waals surface area contributed by atoms with E-state index in [1.165, 1.54) is 12.5 Å². The van der Waals surface area contributed by atoms with Gasteiger partial charge in [-0.25, -0.2) is 0 Å². The number of benzene rings is 1. The normalized spacial score (nSPS) is 44.2. The lowest BCUT2D eigenvalue weighted by atomic mass is 9.33. The first kappa shape index (κ1) is 31.5. The Balaban J connectivity index is 1.35. The summed E-state index contributed by atoms with van der Waals surface area (Å²) in [6.45, 7) is 19.9. The average molecular weight is 602 g/mol. The molecule has 1 aromatic carbocycles. The fourth-order valence-electron chi connectivity index (χ4n) is 11.8. The van der Waals surface area contributed by atoms with Crippen molar-refractivity contribution in [1.82, 2.24) is 0 Å². The maximum atomic E-state index is 14.7. The van der Waals surface area contributed by atoms with Gasteiger partial charge in [0.2, 0.25) is 5.91 Å². The van der Waals surface area contributed by atoms with Gasteiger partial charge in [-0.3, -0.25) is 14.4 Å². The first-order valence-corrected chi connectivity index (χ1v) is 17.2. The molecule has 0 unspecified atom stereocenters. The highest BCUT2D eigenvalue weighted by Gasteiger charge is 2.70. The molecule has 0 aliphatic heterocycles. The van der Waals surface area contributed by atoms with Crippen LogP contribution in [0.25, 0.3) is 0 Å². The van der Waals surface area contributed by atoms with E-state index in [1.807, 2.05) is 31.2 Å². The molecule has 44 heavy (non-hydrogen) atoms. The predicted molar refractivity (Wildman–Crippen MR) is 175 cm³/mol. The molecule has 240 valence electrons. The van der Waals surface area contributed by atoms with Crippen molar-refractivity contribution in [2.75, 3.05) is 5.32 Å². The smallest absolute Gasteiger partial charge is 0.302 e. The Bertz CT molecular complexity index is 1430. The van der Waals surface area contributed by atoms with Crippen molar-refractivity contribution in [2.24, 2.45) is 50.2 Å². The first-order chi connectivity index (χ1) is 20.4. The van der Waals surface area contributed by atoms with Crippen LogP contribution in [0.2, 0.25) is 0 Å². The number of nitrogens with one attached hydrogen (secondary N) is 1. The highest BCUT2D eigenvalue weighted by Crippen LogP contribution is 2.75. The number of rotatable bonds is 3. The molecular formula is C39H55NO4. The second-order valence-electron chi connectivity index (χ2n) is 17.5. The van der Waals surface area contributed by atoms with Crippen LogP contribution < -0.4 is 5.32 Å². The van der Waals surface area contributed by atoms with Crippen molar-refractivity contribution in [1.29, 1.82) is 0 Å². The molecule has 1 N–H and O–H groups in total. The Morgan fingerprint density at radius 2 is 1.57 bits per heavy atom. The molecule has 9 atom stereocenters. The maximum Gasteiger partial charge on any atom is 0.302 e. The van der Waals surface area contributed by atoms with Gasteiger partial charge < -0.3 is 10.1 Å². The molecular weight excluding hydrogens is 546 g/mol. The number of ketones is 1. The van der Waals surface area contributed by atoms with E-state index < -0.39 is 5.41 Å². The molecule has 6 rings (SSSR count). The zero-order valence-corrected chi connectivity index (χ0v) is 28.7. The van der Waals surface area contributed by atoms with Crippen molar-refractivity contribution < 1.29 is 19.1 Å². The van der Waals surface area contributed by atoms with Crippen LogP contribution >= 0.6 is 0 Å². The van der Waals surface area contributed by atoms with Gasteiger partial charge in [0.05, 0.1) is 0 Å². The number of hydrogen-bond acceptors (Lipinski definition) is 4. The Morgan fingerprint density at radius 1 is 0.886 bits per heavy atom. The van der Waals surface area contributed by atoms with Crippen molar-refractivity contribution in [3.63, 3.8) is 0 Å². The molecule has 5 nitrogen and oxygen atoms in total. The number of carbonyl (C=O) groups is 3. The van der Waals surface area contributed by atoms with Crippen LogP contribution in [0.15, 0.2) is 35.9 Å².